The number of aromatic nitrogens is 1. The molecule has 10 heavy (non-hydrogen) atoms. The van der Waals surface area contributed by atoms with Crippen LogP contribution in [0.25, 0.3) is 5.03 Å². The fourth-order valence-corrected chi connectivity index (χ4v) is 0.992. The van der Waals surface area contributed by atoms with E-state index in [4.69, 9.17) is 11.6 Å². The molecule has 0 radical (unpaired) electrons. The molecule has 1 rings (SSSR count). The summed E-state index contributed by atoms with van der Waals surface area (Å²) in [6.45, 7) is 3.55. The van der Waals surface area contributed by atoms with E-state index in [-0.39, 0.29) is 0 Å². The normalized spacial score (nSPS) is 9.40. The number of nitrogens with zero attached hydrogens (tertiary/aromatic N) is 1. The summed E-state index contributed by atoms with van der Waals surface area (Å²) in [7, 11) is 0. The van der Waals surface area contributed by atoms with Crippen LogP contribution in [0.1, 0.15) is 5.69 Å². The van der Waals surface area contributed by atoms with Gasteiger partial charge in [-0.1, -0.05) is 34.1 Å². The number of hydrogen-bond acceptors (Lipinski definition) is 1. The van der Waals surface area contributed by atoms with Crippen LogP contribution >= 0.6 is 27.5 Å². The van der Waals surface area contributed by atoms with Gasteiger partial charge in [0.2, 0.25) is 0 Å². The minimum atomic E-state index is 0.460. The standard InChI is InChI=1S/C7H5BrClN/c1-5(9)7-4-6(8)2-3-10-7/h2-4H,1H2. The van der Waals surface area contributed by atoms with Crippen LogP contribution in [0.5, 0.6) is 0 Å². The number of pyridine rings is 1. The summed E-state index contributed by atoms with van der Waals surface area (Å²) in [4.78, 5) is 3.98. The lowest BCUT2D eigenvalue weighted by molar-refractivity contribution is 1.28. The van der Waals surface area contributed by atoms with E-state index in [1.165, 1.54) is 0 Å². The van der Waals surface area contributed by atoms with Gasteiger partial charge in [0, 0.05) is 10.7 Å². The van der Waals surface area contributed by atoms with Gasteiger partial charge in [0.05, 0.1) is 10.7 Å². The molecule has 0 amide bonds. The summed E-state index contributed by atoms with van der Waals surface area (Å²) >= 11 is 8.89. The first-order valence-corrected chi connectivity index (χ1v) is 3.83. The Kier molecular flexibility index (Phi) is 2.46. The SMILES string of the molecule is C=C(Cl)c1cc(Br)ccn1. The van der Waals surface area contributed by atoms with E-state index in [9.17, 15) is 0 Å². The predicted octanol–water partition coefficient (Wildman–Crippen LogP) is 3.05. The molecule has 0 N–H and O–H groups in total. The van der Waals surface area contributed by atoms with Crippen LogP contribution in [0.4, 0.5) is 0 Å². The maximum Gasteiger partial charge on any atom is 0.0820 e. The van der Waals surface area contributed by atoms with Gasteiger partial charge in [0.25, 0.3) is 0 Å². The zero-order chi connectivity index (χ0) is 7.56. The second-order valence-electron chi connectivity index (χ2n) is 1.76. The van der Waals surface area contributed by atoms with Crippen LogP contribution < -0.4 is 0 Å². The van der Waals surface area contributed by atoms with Crippen molar-refractivity contribution in [3.63, 3.8) is 0 Å². The fourth-order valence-electron chi connectivity index (χ4n) is 0.553. The molecule has 1 nitrogen and oxygen atoms in total. The first kappa shape index (κ1) is 7.76. The number of hydrogen-bond donors (Lipinski definition) is 0. The topological polar surface area (TPSA) is 12.9 Å². The lowest BCUT2D eigenvalue weighted by Gasteiger charge is -1.94. The van der Waals surface area contributed by atoms with Crippen LogP contribution in [0.3, 0.4) is 0 Å². The minimum Gasteiger partial charge on any atom is -0.255 e. The van der Waals surface area contributed by atoms with Gasteiger partial charge >= 0.3 is 0 Å². The van der Waals surface area contributed by atoms with E-state index in [0.717, 1.165) is 4.47 Å². The van der Waals surface area contributed by atoms with Crippen LogP contribution in [0.2, 0.25) is 0 Å². The highest BCUT2D eigenvalue weighted by Crippen LogP contribution is 2.17. The van der Waals surface area contributed by atoms with Crippen molar-refractivity contribution >= 4 is 32.6 Å². The maximum atomic E-state index is 5.60. The molecule has 1 aromatic heterocycles. The fraction of sp³-hybridized carbons (Fsp3) is 0. The minimum absolute atomic E-state index is 0.460. The van der Waals surface area contributed by atoms with Crippen molar-refractivity contribution in [2.75, 3.05) is 0 Å². The Balaban J connectivity index is 3.07. The van der Waals surface area contributed by atoms with Gasteiger partial charge in [0.1, 0.15) is 0 Å². The highest BCUT2D eigenvalue weighted by molar-refractivity contribution is 9.10. The molecule has 0 fully saturated rings. The molecule has 0 aliphatic rings. The zero-order valence-electron chi connectivity index (χ0n) is 5.14. The first-order valence-electron chi connectivity index (χ1n) is 2.66. The Hall–Kier alpha value is -0.340. The molecule has 0 aliphatic heterocycles. The molecule has 0 unspecified atom stereocenters. The van der Waals surface area contributed by atoms with Gasteiger partial charge in [-0.2, -0.15) is 0 Å². The van der Waals surface area contributed by atoms with Gasteiger partial charge in [-0.15, -0.1) is 0 Å². The van der Waals surface area contributed by atoms with Crippen molar-refractivity contribution in [3.8, 4) is 0 Å². The Morgan fingerprint density at radius 2 is 2.40 bits per heavy atom. The predicted molar refractivity (Wildman–Crippen MR) is 46.8 cm³/mol. The van der Waals surface area contributed by atoms with Gasteiger partial charge < -0.3 is 0 Å². The van der Waals surface area contributed by atoms with Crippen molar-refractivity contribution in [1.29, 1.82) is 0 Å². The summed E-state index contributed by atoms with van der Waals surface area (Å²) < 4.78 is 0.958. The smallest absolute Gasteiger partial charge is 0.0820 e. The largest absolute Gasteiger partial charge is 0.255 e. The van der Waals surface area contributed by atoms with Gasteiger partial charge in [-0.05, 0) is 12.1 Å². The van der Waals surface area contributed by atoms with Gasteiger partial charge in [-0.25, -0.2) is 0 Å². The molecule has 3 heteroatoms. The Morgan fingerprint density at radius 3 is 2.80 bits per heavy atom. The third-order valence-corrected chi connectivity index (χ3v) is 1.69. The van der Waals surface area contributed by atoms with E-state index in [0.29, 0.717) is 10.7 Å². The first-order chi connectivity index (χ1) is 4.70. The van der Waals surface area contributed by atoms with Gasteiger partial charge in [-0.3, -0.25) is 4.98 Å². The summed E-state index contributed by atoms with van der Waals surface area (Å²) in [5, 5.41) is 0.460. The van der Waals surface area contributed by atoms with Crippen LogP contribution in [0.15, 0.2) is 29.4 Å². The summed E-state index contributed by atoms with van der Waals surface area (Å²) in [5.41, 5.74) is 0.705. The molecule has 0 spiro atoms. The van der Waals surface area contributed by atoms with E-state index < -0.39 is 0 Å². The summed E-state index contributed by atoms with van der Waals surface area (Å²) in [6, 6.07) is 3.65. The van der Waals surface area contributed by atoms with Crippen molar-refractivity contribution in [3.05, 3.63) is 35.1 Å². The zero-order valence-corrected chi connectivity index (χ0v) is 7.48. The molecule has 1 heterocycles. The monoisotopic (exact) mass is 217 g/mol. The number of halogens is 2. The average Bonchev–Trinajstić information content (AvgIpc) is 1.88. The number of rotatable bonds is 1. The van der Waals surface area contributed by atoms with Crippen LogP contribution in [-0.4, -0.2) is 4.98 Å². The quantitative estimate of drug-likeness (QED) is 0.706. The molecule has 0 saturated heterocycles. The Morgan fingerprint density at radius 1 is 1.70 bits per heavy atom. The second kappa shape index (κ2) is 3.17. The van der Waals surface area contributed by atoms with E-state index in [2.05, 4.69) is 27.5 Å². The third kappa shape index (κ3) is 1.82. The maximum absolute atomic E-state index is 5.60. The van der Waals surface area contributed by atoms with E-state index in [1.54, 1.807) is 6.20 Å². The highest BCUT2D eigenvalue weighted by atomic mass is 79.9. The van der Waals surface area contributed by atoms with Crippen molar-refractivity contribution < 1.29 is 0 Å². The molecule has 0 aliphatic carbocycles. The lowest BCUT2D eigenvalue weighted by atomic mass is 10.3. The highest BCUT2D eigenvalue weighted by Gasteiger charge is 1.95. The van der Waals surface area contributed by atoms with Crippen molar-refractivity contribution in [1.82, 2.24) is 4.98 Å². The Labute approximate surface area is 72.9 Å². The van der Waals surface area contributed by atoms with Crippen molar-refractivity contribution in [2.45, 2.75) is 0 Å². The van der Waals surface area contributed by atoms with E-state index >= 15 is 0 Å². The van der Waals surface area contributed by atoms with E-state index in [1.807, 2.05) is 12.1 Å². The molecule has 0 saturated carbocycles. The van der Waals surface area contributed by atoms with Gasteiger partial charge in [0.15, 0.2) is 0 Å². The summed E-state index contributed by atoms with van der Waals surface area (Å²) in [5.74, 6) is 0. The molecule has 52 valence electrons. The lowest BCUT2D eigenvalue weighted by Crippen LogP contribution is -1.80. The molecule has 0 bridgehead atoms. The average molecular weight is 218 g/mol. The van der Waals surface area contributed by atoms with Crippen LogP contribution in [0, 0.1) is 0 Å². The van der Waals surface area contributed by atoms with Crippen molar-refractivity contribution in [2.24, 2.45) is 0 Å². The molecular weight excluding hydrogens is 213 g/mol. The third-order valence-electron chi connectivity index (χ3n) is 1.000. The second-order valence-corrected chi connectivity index (χ2v) is 3.14. The molecule has 1 aromatic rings. The van der Waals surface area contributed by atoms with Crippen LogP contribution in [-0.2, 0) is 0 Å². The molecule has 0 atom stereocenters. The summed E-state index contributed by atoms with van der Waals surface area (Å²) in [6.07, 6.45) is 1.67. The molecule has 0 aromatic carbocycles. The Bertz CT molecular complexity index is 260. The molecular formula is C7H5BrClN.